The summed E-state index contributed by atoms with van der Waals surface area (Å²) in [7, 11) is -2.84. The van der Waals surface area contributed by atoms with Crippen LogP contribution in [0.1, 0.15) is 95.9 Å². The highest BCUT2D eigenvalue weighted by molar-refractivity contribution is 6.79. The second-order valence-corrected chi connectivity index (χ2v) is 29.0. The average Bonchev–Trinajstić information content (AvgIpc) is 2.77. The minimum Gasteiger partial charge on any atom is -0.518 e. The maximum atomic E-state index is 14.0. The lowest BCUT2D eigenvalue weighted by atomic mass is 10.2. The van der Waals surface area contributed by atoms with Crippen LogP contribution in [0.2, 0.25) is 52.4 Å². The van der Waals surface area contributed by atoms with E-state index in [0.29, 0.717) is 23.2 Å². The summed E-state index contributed by atoms with van der Waals surface area (Å²) in [5.74, 6) is -0.527. The van der Waals surface area contributed by atoms with Crippen LogP contribution in [-0.4, -0.2) is 68.5 Å². The van der Waals surface area contributed by atoms with Crippen LogP contribution >= 0.6 is 0 Å². The number of carbonyl (C=O) groups excluding carboxylic acids is 2. The number of hydrogen-bond acceptors (Lipinski definition) is 6. The van der Waals surface area contributed by atoms with Gasteiger partial charge in [0.05, 0.1) is 6.42 Å². The highest BCUT2D eigenvalue weighted by Gasteiger charge is 2.51. The predicted molar refractivity (Wildman–Crippen MR) is 169 cm³/mol. The van der Waals surface area contributed by atoms with Gasteiger partial charge in [0.2, 0.25) is 0 Å². The van der Waals surface area contributed by atoms with Crippen molar-refractivity contribution in [2.24, 2.45) is 0 Å². The van der Waals surface area contributed by atoms with Gasteiger partial charge in [-0.2, -0.15) is 0 Å². The molecule has 226 valence electrons. The van der Waals surface area contributed by atoms with Crippen LogP contribution in [0.5, 0.6) is 0 Å². The molecule has 0 amide bonds. The molecule has 1 unspecified atom stereocenters. The van der Waals surface area contributed by atoms with Crippen LogP contribution in [0, 0.1) is 0 Å². The molecule has 0 bridgehead atoms. The van der Waals surface area contributed by atoms with E-state index < -0.39 is 31.0 Å². The zero-order valence-corrected chi connectivity index (χ0v) is 30.9. The van der Waals surface area contributed by atoms with E-state index in [0.717, 1.165) is 12.5 Å². The first-order chi connectivity index (χ1) is 17.2. The Morgan fingerprint density at radius 3 is 1.39 bits per heavy atom. The molecule has 0 rings (SSSR count). The van der Waals surface area contributed by atoms with E-state index in [-0.39, 0.29) is 35.0 Å². The van der Waals surface area contributed by atoms with Crippen LogP contribution < -0.4 is 0 Å². The summed E-state index contributed by atoms with van der Waals surface area (Å²) in [5, 5.41) is 0. The van der Waals surface area contributed by atoms with E-state index in [1.165, 1.54) is 0 Å². The molecular formula is C29H63NO5Si3. The Labute approximate surface area is 239 Å². The molecule has 0 aliphatic rings. The van der Waals surface area contributed by atoms with Gasteiger partial charge in [-0.1, -0.05) is 83.1 Å². The molecule has 0 radical (unpaired) electrons. The largest absolute Gasteiger partial charge is 0.518 e. The quantitative estimate of drug-likeness (QED) is 0.159. The summed E-state index contributed by atoms with van der Waals surface area (Å²) in [4.78, 5) is 29.6. The maximum absolute atomic E-state index is 14.0. The summed E-state index contributed by atoms with van der Waals surface area (Å²) in [6, 6.07) is 0.336. The molecule has 0 aliphatic heterocycles. The van der Waals surface area contributed by atoms with Crippen molar-refractivity contribution >= 4 is 36.9 Å². The van der Waals surface area contributed by atoms with E-state index in [9.17, 15) is 9.59 Å². The van der Waals surface area contributed by atoms with Crippen LogP contribution in [-0.2, 0) is 22.9 Å². The van der Waals surface area contributed by atoms with E-state index in [2.05, 4.69) is 96.2 Å². The van der Waals surface area contributed by atoms with E-state index >= 15 is 0 Å². The third-order valence-electron chi connectivity index (χ3n) is 8.99. The second kappa shape index (κ2) is 15.5. The predicted octanol–water partition coefficient (Wildman–Crippen LogP) is 8.36. The number of rotatable bonds is 17. The van der Waals surface area contributed by atoms with Gasteiger partial charge in [0.25, 0.3) is 22.6 Å². The van der Waals surface area contributed by atoms with E-state index in [1.54, 1.807) is 7.11 Å². The molecule has 0 saturated heterocycles. The maximum Gasteiger partial charge on any atom is 0.310 e. The summed E-state index contributed by atoms with van der Waals surface area (Å²) in [5.41, 5.74) is 1.71. The Morgan fingerprint density at radius 2 is 1.05 bits per heavy atom. The molecule has 9 heteroatoms. The Bertz CT molecular complexity index is 694. The number of nitrogens with zero attached hydrogens (tertiary/aromatic N) is 1. The summed E-state index contributed by atoms with van der Waals surface area (Å²) >= 11 is 0. The fraction of sp³-hybridized carbons (Fsp3) is 0.931. The molecular weight excluding hydrogens is 527 g/mol. The lowest BCUT2D eigenvalue weighted by Gasteiger charge is -2.43. The van der Waals surface area contributed by atoms with Gasteiger partial charge >= 0.3 is 5.97 Å². The first kappa shape index (κ1) is 37.5. The SMILES string of the molecule is CO[Si](C)(C)CCCN(C)C(CC(=O)O[Si](C(C)C)(C(C)C)C(C)C)C(=O)O[Si](C(C)C)(C(C)C)C(C)C. The molecule has 6 nitrogen and oxygen atoms in total. The highest BCUT2D eigenvalue weighted by Crippen LogP contribution is 2.44. The van der Waals surface area contributed by atoms with Gasteiger partial charge in [0.1, 0.15) is 6.04 Å². The van der Waals surface area contributed by atoms with Crippen molar-refractivity contribution in [3.05, 3.63) is 0 Å². The Balaban J connectivity index is 6.22. The number of likely N-dealkylation sites (N-methyl/N-ethyl adjacent to an activating group) is 1. The van der Waals surface area contributed by atoms with Gasteiger partial charge in [0.15, 0.2) is 8.32 Å². The molecule has 0 aromatic rings. The zero-order valence-electron chi connectivity index (χ0n) is 27.9. The summed E-state index contributed by atoms with van der Waals surface area (Å²) in [6.07, 6.45) is 0.937. The lowest BCUT2D eigenvalue weighted by molar-refractivity contribution is -0.147. The third kappa shape index (κ3) is 9.28. The second-order valence-electron chi connectivity index (χ2n) is 13.8. The smallest absolute Gasteiger partial charge is 0.310 e. The first-order valence-corrected chi connectivity index (χ1v) is 22.3. The van der Waals surface area contributed by atoms with E-state index in [1.807, 2.05) is 11.9 Å². The highest BCUT2D eigenvalue weighted by atomic mass is 28.4. The Kier molecular flexibility index (Phi) is 15.3. The summed E-state index contributed by atoms with van der Waals surface area (Å²) < 4.78 is 18.8. The van der Waals surface area contributed by atoms with Gasteiger partial charge in [-0.15, -0.1) is 0 Å². The topological polar surface area (TPSA) is 65.1 Å². The van der Waals surface area contributed by atoms with Gasteiger partial charge in [-0.25, -0.2) is 0 Å². The first-order valence-electron chi connectivity index (χ1n) is 14.9. The zero-order chi connectivity index (χ0) is 30.2. The minimum absolute atomic E-state index is 0.0279. The van der Waals surface area contributed by atoms with Gasteiger partial charge < -0.3 is 13.3 Å². The molecule has 0 aromatic heterocycles. The monoisotopic (exact) mass is 589 g/mol. The molecule has 0 heterocycles. The molecule has 38 heavy (non-hydrogen) atoms. The average molecular weight is 590 g/mol. The lowest BCUT2D eigenvalue weighted by Crippen LogP contribution is -2.54. The fourth-order valence-electron chi connectivity index (χ4n) is 6.78. The fourth-order valence-corrected chi connectivity index (χ4v) is 18.4. The molecule has 0 aromatic carbocycles. The molecule has 0 saturated carbocycles. The molecule has 0 N–H and O–H groups in total. The number of carbonyl (C=O) groups is 2. The van der Waals surface area contributed by atoms with Crippen molar-refractivity contribution in [2.45, 2.75) is 154 Å². The third-order valence-corrected chi connectivity index (χ3v) is 23.6. The van der Waals surface area contributed by atoms with Crippen molar-refractivity contribution in [1.82, 2.24) is 4.90 Å². The normalized spacial score (nSPS) is 14.5. The Morgan fingerprint density at radius 1 is 0.684 bits per heavy atom. The van der Waals surface area contributed by atoms with Crippen molar-refractivity contribution in [1.29, 1.82) is 0 Å². The van der Waals surface area contributed by atoms with Crippen molar-refractivity contribution in [3.63, 3.8) is 0 Å². The summed E-state index contributed by atoms with van der Waals surface area (Å²) in [6.45, 7) is 31.2. The van der Waals surface area contributed by atoms with Crippen LogP contribution in [0.4, 0.5) is 0 Å². The van der Waals surface area contributed by atoms with Crippen molar-refractivity contribution < 1.29 is 22.9 Å². The van der Waals surface area contributed by atoms with Crippen LogP contribution in [0.3, 0.4) is 0 Å². The molecule has 1 atom stereocenters. The standard InChI is InChI=1S/C29H63NO5Si3/c1-21(2)37(22(3)4,23(5)6)34-28(31)20-27(30(13)18-17-19-36(15,16)33-14)29(32)35-38(24(7)8,25(9)10)26(11)12/h21-27H,17-20H2,1-16H3. The van der Waals surface area contributed by atoms with Gasteiger partial charge in [-0.05, 0) is 72.4 Å². The van der Waals surface area contributed by atoms with Gasteiger partial charge in [-0.3, -0.25) is 14.5 Å². The molecule has 0 fully saturated rings. The van der Waals surface area contributed by atoms with Crippen LogP contribution in [0.25, 0.3) is 0 Å². The minimum atomic E-state index is -2.45. The van der Waals surface area contributed by atoms with Crippen molar-refractivity contribution in [2.75, 3.05) is 20.7 Å². The van der Waals surface area contributed by atoms with Crippen molar-refractivity contribution in [3.8, 4) is 0 Å². The van der Waals surface area contributed by atoms with Crippen LogP contribution in [0.15, 0.2) is 0 Å². The number of hydrogen-bond donors (Lipinski definition) is 0. The van der Waals surface area contributed by atoms with E-state index in [4.69, 9.17) is 13.3 Å². The molecule has 0 aliphatic carbocycles. The Hall–Kier alpha value is -0.489. The van der Waals surface area contributed by atoms with Gasteiger partial charge in [0, 0.05) is 7.11 Å². The molecule has 0 spiro atoms.